The van der Waals surface area contributed by atoms with Crippen LogP contribution in [-0.2, 0) is 9.59 Å². The monoisotopic (exact) mass is 369 g/mol. The molecule has 2 N–H and O–H groups in total. The summed E-state index contributed by atoms with van der Waals surface area (Å²) < 4.78 is 14.5. The maximum Gasteiger partial charge on any atom is 0.295 e. The van der Waals surface area contributed by atoms with Crippen LogP contribution in [-0.4, -0.2) is 39.5 Å². The topological polar surface area (TPSA) is 77.8 Å². The molecule has 5 nitrogen and oxygen atoms in total. The molecule has 1 aliphatic heterocycles. The highest BCUT2D eigenvalue weighted by molar-refractivity contribution is 6.46. The van der Waals surface area contributed by atoms with Crippen molar-refractivity contribution in [2.24, 2.45) is 0 Å². The van der Waals surface area contributed by atoms with E-state index in [2.05, 4.69) is 0 Å². The molecule has 6 heteroatoms. The van der Waals surface area contributed by atoms with Crippen LogP contribution < -0.4 is 0 Å². The molecule has 1 aliphatic rings. The van der Waals surface area contributed by atoms with Crippen molar-refractivity contribution in [2.75, 3.05) is 6.54 Å². The standard InChI is InChI=1S/C21H20FNO4/c1-12-7-9-14(10-8-12)19(25)17-18(15-5-3-4-6-16(15)22)23(11-13(2)24)21(27)20(17)26/h3-10,13,18,24-25H,11H2,1-2H3/b19-17-. The van der Waals surface area contributed by atoms with E-state index in [1.165, 1.54) is 25.1 Å². The van der Waals surface area contributed by atoms with E-state index in [1.54, 1.807) is 30.3 Å². The quantitative estimate of drug-likeness (QED) is 0.493. The van der Waals surface area contributed by atoms with Crippen LogP contribution >= 0.6 is 0 Å². The number of aliphatic hydroxyl groups is 2. The third kappa shape index (κ3) is 3.48. The van der Waals surface area contributed by atoms with Crippen LogP contribution in [0.1, 0.15) is 29.7 Å². The molecular formula is C21H20FNO4. The second kappa shape index (κ2) is 7.32. The van der Waals surface area contributed by atoms with Crippen molar-refractivity contribution in [1.82, 2.24) is 4.90 Å². The highest BCUT2D eigenvalue weighted by Crippen LogP contribution is 2.40. The fraction of sp³-hybridized carbons (Fsp3) is 0.238. The van der Waals surface area contributed by atoms with E-state index in [0.717, 1.165) is 10.5 Å². The van der Waals surface area contributed by atoms with E-state index in [1.807, 2.05) is 6.92 Å². The van der Waals surface area contributed by atoms with Crippen molar-refractivity contribution >= 4 is 17.4 Å². The lowest BCUT2D eigenvalue weighted by molar-refractivity contribution is -0.140. The van der Waals surface area contributed by atoms with E-state index < -0.39 is 29.7 Å². The number of benzene rings is 2. The molecule has 0 spiro atoms. The van der Waals surface area contributed by atoms with E-state index in [0.29, 0.717) is 5.56 Å². The zero-order valence-electron chi connectivity index (χ0n) is 15.0. The molecule has 0 aliphatic carbocycles. The molecule has 2 aromatic rings. The molecule has 3 rings (SSSR count). The first-order valence-electron chi connectivity index (χ1n) is 8.59. The van der Waals surface area contributed by atoms with Crippen LogP contribution in [0, 0.1) is 12.7 Å². The van der Waals surface area contributed by atoms with Gasteiger partial charge in [-0.1, -0.05) is 48.0 Å². The molecule has 1 saturated heterocycles. The van der Waals surface area contributed by atoms with Crippen molar-refractivity contribution < 1.29 is 24.2 Å². The highest BCUT2D eigenvalue weighted by atomic mass is 19.1. The van der Waals surface area contributed by atoms with Crippen LogP contribution in [0.5, 0.6) is 0 Å². The number of carbonyl (C=O) groups excluding carboxylic acids is 2. The molecule has 2 aromatic carbocycles. The highest BCUT2D eigenvalue weighted by Gasteiger charge is 2.47. The van der Waals surface area contributed by atoms with Crippen molar-refractivity contribution in [2.45, 2.75) is 26.0 Å². The van der Waals surface area contributed by atoms with E-state index in [-0.39, 0.29) is 23.4 Å². The average Bonchev–Trinajstić information content (AvgIpc) is 2.86. The molecule has 1 amide bonds. The predicted molar refractivity (Wildman–Crippen MR) is 98.3 cm³/mol. The number of amides is 1. The Hall–Kier alpha value is -2.99. The zero-order valence-corrected chi connectivity index (χ0v) is 15.0. The first-order chi connectivity index (χ1) is 12.8. The molecule has 2 atom stereocenters. The minimum absolute atomic E-state index is 0.0889. The number of hydrogen-bond acceptors (Lipinski definition) is 4. The Morgan fingerprint density at radius 3 is 2.37 bits per heavy atom. The number of carbonyl (C=O) groups is 2. The van der Waals surface area contributed by atoms with Gasteiger partial charge in [-0.15, -0.1) is 0 Å². The first-order valence-corrected chi connectivity index (χ1v) is 8.59. The number of likely N-dealkylation sites (tertiary alicyclic amines) is 1. The van der Waals surface area contributed by atoms with Gasteiger partial charge in [-0.3, -0.25) is 9.59 Å². The number of β-amino-alcohol motifs (C(OH)–C–C–N with tert-alkyl or cyclic N) is 1. The van der Waals surface area contributed by atoms with Gasteiger partial charge in [0.1, 0.15) is 11.6 Å². The SMILES string of the molecule is Cc1ccc(/C(O)=C2/C(=O)C(=O)N(CC(C)O)C2c2ccccc2F)cc1. The summed E-state index contributed by atoms with van der Waals surface area (Å²) in [5.74, 6) is -2.75. The van der Waals surface area contributed by atoms with Gasteiger partial charge in [0, 0.05) is 17.7 Å². The fourth-order valence-electron chi connectivity index (χ4n) is 3.24. The van der Waals surface area contributed by atoms with Gasteiger partial charge in [0.15, 0.2) is 0 Å². The van der Waals surface area contributed by atoms with E-state index >= 15 is 0 Å². The molecular weight excluding hydrogens is 349 g/mol. The number of ketones is 1. The Bertz CT molecular complexity index is 918. The van der Waals surface area contributed by atoms with Crippen molar-refractivity contribution in [3.63, 3.8) is 0 Å². The van der Waals surface area contributed by atoms with Crippen LogP contribution in [0.15, 0.2) is 54.1 Å². The van der Waals surface area contributed by atoms with Gasteiger partial charge in [0.2, 0.25) is 0 Å². The minimum atomic E-state index is -1.11. The molecule has 0 bridgehead atoms. The van der Waals surface area contributed by atoms with Gasteiger partial charge in [0.05, 0.1) is 17.7 Å². The van der Waals surface area contributed by atoms with Crippen LogP contribution in [0.25, 0.3) is 5.76 Å². The van der Waals surface area contributed by atoms with Gasteiger partial charge >= 0.3 is 0 Å². The maximum atomic E-state index is 14.5. The number of Topliss-reactive ketones (excluding diaryl/α,β-unsaturated/α-hetero) is 1. The summed E-state index contributed by atoms with van der Waals surface area (Å²) >= 11 is 0. The summed E-state index contributed by atoms with van der Waals surface area (Å²) in [4.78, 5) is 26.3. The van der Waals surface area contributed by atoms with Crippen molar-refractivity contribution in [3.8, 4) is 0 Å². The normalized spacial score (nSPS) is 20.1. The summed E-state index contributed by atoms with van der Waals surface area (Å²) in [6, 6.07) is 11.5. The summed E-state index contributed by atoms with van der Waals surface area (Å²) in [6.07, 6.45) is -0.920. The van der Waals surface area contributed by atoms with Crippen LogP contribution in [0.2, 0.25) is 0 Å². The molecule has 1 fully saturated rings. The largest absolute Gasteiger partial charge is 0.507 e. The summed E-state index contributed by atoms with van der Waals surface area (Å²) in [5, 5.41) is 20.5. The molecule has 27 heavy (non-hydrogen) atoms. The number of nitrogens with zero attached hydrogens (tertiary/aromatic N) is 1. The first kappa shape index (κ1) is 18.8. The van der Waals surface area contributed by atoms with Gasteiger partial charge in [-0.25, -0.2) is 4.39 Å². The Balaban J connectivity index is 2.21. The predicted octanol–water partition coefficient (Wildman–Crippen LogP) is 2.94. The van der Waals surface area contributed by atoms with Gasteiger partial charge in [-0.05, 0) is 19.9 Å². The van der Waals surface area contributed by atoms with Crippen LogP contribution in [0.3, 0.4) is 0 Å². The average molecular weight is 369 g/mol. The number of aryl methyl sites for hydroxylation is 1. The summed E-state index contributed by atoms with van der Waals surface area (Å²) in [7, 11) is 0. The Morgan fingerprint density at radius 2 is 1.78 bits per heavy atom. The molecule has 0 saturated carbocycles. The second-order valence-corrected chi connectivity index (χ2v) is 6.69. The summed E-state index contributed by atoms with van der Waals surface area (Å²) in [6.45, 7) is 3.19. The lowest BCUT2D eigenvalue weighted by atomic mass is 9.94. The molecule has 140 valence electrons. The lowest BCUT2D eigenvalue weighted by Gasteiger charge is -2.26. The van der Waals surface area contributed by atoms with Crippen LogP contribution in [0.4, 0.5) is 4.39 Å². The second-order valence-electron chi connectivity index (χ2n) is 6.69. The molecule has 2 unspecified atom stereocenters. The maximum absolute atomic E-state index is 14.5. The molecule has 1 heterocycles. The third-order valence-corrected chi connectivity index (χ3v) is 4.53. The Kier molecular flexibility index (Phi) is 5.10. The van der Waals surface area contributed by atoms with Gasteiger partial charge in [0.25, 0.3) is 11.7 Å². The fourth-order valence-corrected chi connectivity index (χ4v) is 3.24. The molecule has 0 radical (unpaired) electrons. The molecule has 0 aromatic heterocycles. The number of hydrogen-bond donors (Lipinski definition) is 2. The van der Waals surface area contributed by atoms with Gasteiger partial charge in [-0.2, -0.15) is 0 Å². The smallest absolute Gasteiger partial charge is 0.295 e. The van der Waals surface area contributed by atoms with Crippen molar-refractivity contribution in [3.05, 3.63) is 76.6 Å². The Labute approximate surface area is 156 Å². The number of aliphatic hydroxyl groups excluding tert-OH is 2. The van der Waals surface area contributed by atoms with E-state index in [9.17, 15) is 24.2 Å². The van der Waals surface area contributed by atoms with E-state index in [4.69, 9.17) is 0 Å². The number of halogens is 1. The number of rotatable bonds is 4. The Morgan fingerprint density at radius 1 is 1.15 bits per heavy atom. The zero-order chi connectivity index (χ0) is 19.7. The third-order valence-electron chi connectivity index (χ3n) is 4.53. The lowest BCUT2D eigenvalue weighted by Crippen LogP contribution is -2.35. The minimum Gasteiger partial charge on any atom is -0.507 e. The van der Waals surface area contributed by atoms with Crippen molar-refractivity contribution in [1.29, 1.82) is 0 Å². The van der Waals surface area contributed by atoms with Gasteiger partial charge < -0.3 is 15.1 Å². The summed E-state index contributed by atoms with van der Waals surface area (Å²) in [5.41, 5.74) is 1.23.